The van der Waals surface area contributed by atoms with E-state index in [1.807, 2.05) is 6.20 Å². The van der Waals surface area contributed by atoms with Crippen molar-refractivity contribution < 1.29 is 9.90 Å². The second-order valence-electron chi connectivity index (χ2n) is 8.16. The Kier molecular flexibility index (Phi) is 5.02. The molecule has 1 aromatic heterocycles. The van der Waals surface area contributed by atoms with Crippen molar-refractivity contribution in [1.82, 2.24) is 19.8 Å². The molecule has 2 fully saturated rings. The van der Waals surface area contributed by atoms with Crippen molar-refractivity contribution in [3.8, 4) is 0 Å². The van der Waals surface area contributed by atoms with Crippen LogP contribution in [0.2, 0.25) is 0 Å². The highest BCUT2D eigenvalue weighted by Gasteiger charge is 2.51. The van der Waals surface area contributed by atoms with E-state index in [9.17, 15) is 9.90 Å². The molecule has 0 saturated carbocycles. The van der Waals surface area contributed by atoms with E-state index in [2.05, 4.69) is 51.0 Å². The number of piperidine rings is 1. The average Bonchev–Trinajstić information content (AvgIpc) is 3.28. The summed E-state index contributed by atoms with van der Waals surface area (Å²) in [6, 6.07) is 8.52. The number of nitrogens with one attached hydrogen (secondary N) is 1. The Balaban J connectivity index is 1.42. The van der Waals surface area contributed by atoms with Crippen molar-refractivity contribution in [2.45, 2.75) is 32.9 Å². The first kappa shape index (κ1) is 18.2. The normalized spacial score (nSPS) is 23.1. The molecular weight excluding hydrogens is 340 g/mol. The molecule has 0 radical (unpaired) electrons. The van der Waals surface area contributed by atoms with Crippen LogP contribution in [0.4, 0.5) is 0 Å². The monoisotopic (exact) mass is 368 g/mol. The predicted molar refractivity (Wildman–Crippen MR) is 103 cm³/mol. The first-order valence-corrected chi connectivity index (χ1v) is 9.76. The van der Waals surface area contributed by atoms with Gasteiger partial charge in [-0.3, -0.25) is 14.6 Å². The van der Waals surface area contributed by atoms with Crippen LogP contribution in [0.15, 0.2) is 36.7 Å². The summed E-state index contributed by atoms with van der Waals surface area (Å²) >= 11 is 0. The number of imidazole rings is 1. The van der Waals surface area contributed by atoms with Gasteiger partial charge in [0.1, 0.15) is 5.82 Å². The molecule has 2 aliphatic rings. The van der Waals surface area contributed by atoms with E-state index in [4.69, 9.17) is 0 Å². The quantitative estimate of drug-likeness (QED) is 0.848. The first-order chi connectivity index (χ1) is 13.1. The number of benzene rings is 1. The number of carbonyl (C=O) groups is 1. The van der Waals surface area contributed by atoms with Crippen LogP contribution in [0.5, 0.6) is 0 Å². The molecule has 1 atom stereocenters. The highest BCUT2D eigenvalue weighted by molar-refractivity contribution is 5.72. The average molecular weight is 368 g/mol. The van der Waals surface area contributed by atoms with Crippen molar-refractivity contribution in [3.05, 3.63) is 53.6 Å². The molecular formula is C21H28N4O2. The van der Waals surface area contributed by atoms with Crippen LogP contribution in [0.3, 0.4) is 0 Å². The zero-order chi connectivity index (χ0) is 18.9. The van der Waals surface area contributed by atoms with Crippen LogP contribution in [0.1, 0.15) is 29.8 Å². The summed E-state index contributed by atoms with van der Waals surface area (Å²) in [5.41, 5.74) is 2.58. The lowest BCUT2D eigenvalue weighted by molar-refractivity contribution is -0.146. The van der Waals surface area contributed by atoms with E-state index < -0.39 is 5.97 Å². The van der Waals surface area contributed by atoms with Crippen molar-refractivity contribution >= 4 is 5.97 Å². The lowest BCUT2D eigenvalue weighted by Crippen LogP contribution is -2.45. The molecule has 1 aromatic carbocycles. The van der Waals surface area contributed by atoms with E-state index in [1.54, 1.807) is 6.20 Å². The zero-order valence-corrected chi connectivity index (χ0v) is 15.9. The third-order valence-corrected chi connectivity index (χ3v) is 6.45. The van der Waals surface area contributed by atoms with Crippen LogP contribution >= 0.6 is 0 Å². The Morgan fingerprint density at radius 3 is 2.70 bits per heavy atom. The molecule has 0 aliphatic carbocycles. The molecule has 2 N–H and O–H groups in total. The number of aliphatic carboxylic acids is 1. The molecule has 0 bridgehead atoms. The van der Waals surface area contributed by atoms with Gasteiger partial charge in [0, 0.05) is 37.4 Å². The number of rotatable bonds is 5. The molecule has 144 valence electrons. The maximum absolute atomic E-state index is 12.0. The van der Waals surface area contributed by atoms with E-state index in [1.165, 1.54) is 11.1 Å². The van der Waals surface area contributed by atoms with Gasteiger partial charge in [-0.25, -0.2) is 4.98 Å². The Bertz CT molecular complexity index is 781. The fourth-order valence-corrected chi connectivity index (χ4v) is 4.82. The van der Waals surface area contributed by atoms with Gasteiger partial charge in [0.15, 0.2) is 0 Å². The smallest absolute Gasteiger partial charge is 0.308 e. The molecule has 3 heterocycles. The molecule has 0 amide bonds. The van der Waals surface area contributed by atoms with Gasteiger partial charge in [-0.05, 0) is 44.0 Å². The van der Waals surface area contributed by atoms with Gasteiger partial charge in [0.05, 0.1) is 12.5 Å². The molecule has 1 spiro atoms. The van der Waals surface area contributed by atoms with Crippen LogP contribution in [0, 0.1) is 18.3 Å². The van der Waals surface area contributed by atoms with Crippen LogP contribution < -0.4 is 0 Å². The maximum Gasteiger partial charge on any atom is 0.308 e. The molecule has 1 unspecified atom stereocenters. The van der Waals surface area contributed by atoms with Gasteiger partial charge in [0.2, 0.25) is 0 Å². The second-order valence-corrected chi connectivity index (χ2v) is 8.16. The second kappa shape index (κ2) is 7.44. The van der Waals surface area contributed by atoms with E-state index in [0.29, 0.717) is 13.1 Å². The Morgan fingerprint density at radius 2 is 2.04 bits per heavy atom. The minimum absolute atomic E-state index is 0.110. The van der Waals surface area contributed by atoms with Gasteiger partial charge in [-0.1, -0.05) is 24.3 Å². The highest BCUT2D eigenvalue weighted by Crippen LogP contribution is 2.45. The van der Waals surface area contributed by atoms with Gasteiger partial charge >= 0.3 is 5.97 Å². The Labute approximate surface area is 160 Å². The van der Waals surface area contributed by atoms with Crippen LogP contribution in [0.25, 0.3) is 0 Å². The van der Waals surface area contributed by atoms with Crippen LogP contribution in [-0.4, -0.2) is 57.0 Å². The predicted octanol–water partition coefficient (Wildman–Crippen LogP) is 2.52. The standard InChI is InChI=1S/C21H28N4O2/c1-16-4-2-3-5-17(16)12-24-10-6-21(7-11-24)15-25(13-18(21)20(26)27)14-19-22-8-9-23-19/h2-5,8-9,18H,6-7,10-15H2,1H3,(H,22,23)(H,26,27). The Morgan fingerprint density at radius 1 is 1.26 bits per heavy atom. The van der Waals surface area contributed by atoms with Gasteiger partial charge in [-0.2, -0.15) is 0 Å². The van der Waals surface area contributed by atoms with Crippen molar-refractivity contribution in [3.63, 3.8) is 0 Å². The molecule has 6 nitrogen and oxygen atoms in total. The highest BCUT2D eigenvalue weighted by atomic mass is 16.4. The van der Waals surface area contributed by atoms with Gasteiger partial charge in [-0.15, -0.1) is 0 Å². The third kappa shape index (κ3) is 3.77. The SMILES string of the molecule is Cc1ccccc1CN1CCC2(CC1)CN(Cc1ncc[nH]1)CC2C(=O)O. The lowest BCUT2D eigenvalue weighted by Gasteiger charge is -2.41. The van der Waals surface area contributed by atoms with Crippen LogP contribution in [-0.2, 0) is 17.9 Å². The number of H-pyrrole nitrogens is 1. The molecule has 2 aliphatic heterocycles. The summed E-state index contributed by atoms with van der Waals surface area (Å²) in [5.74, 6) is -0.0226. The number of aryl methyl sites for hydroxylation is 1. The summed E-state index contributed by atoms with van der Waals surface area (Å²) in [4.78, 5) is 24.1. The number of hydrogen-bond donors (Lipinski definition) is 2. The fourth-order valence-electron chi connectivity index (χ4n) is 4.82. The van der Waals surface area contributed by atoms with E-state index >= 15 is 0 Å². The summed E-state index contributed by atoms with van der Waals surface area (Å²) < 4.78 is 0. The number of nitrogens with zero attached hydrogens (tertiary/aromatic N) is 3. The van der Waals surface area contributed by atoms with Crippen molar-refractivity contribution in [1.29, 1.82) is 0 Å². The molecule has 6 heteroatoms. The fraction of sp³-hybridized carbons (Fsp3) is 0.524. The molecule has 2 saturated heterocycles. The largest absolute Gasteiger partial charge is 0.481 e. The number of aromatic amines is 1. The van der Waals surface area contributed by atoms with E-state index in [0.717, 1.165) is 44.8 Å². The molecule has 4 rings (SSSR count). The summed E-state index contributed by atoms with van der Waals surface area (Å²) in [5, 5.41) is 9.85. The Hall–Kier alpha value is -2.18. The summed E-state index contributed by atoms with van der Waals surface area (Å²) in [7, 11) is 0. The topological polar surface area (TPSA) is 72.5 Å². The number of hydrogen-bond acceptors (Lipinski definition) is 4. The van der Waals surface area contributed by atoms with E-state index in [-0.39, 0.29) is 11.3 Å². The first-order valence-electron chi connectivity index (χ1n) is 9.76. The summed E-state index contributed by atoms with van der Waals surface area (Å²) in [6.07, 6.45) is 5.47. The van der Waals surface area contributed by atoms with Gasteiger partial charge in [0.25, 0.3) is 0 Å². The number of carboxylic acids is 1. The van der Waals surface area contributed by atoms with Crippen molar-refractivity contribution in [2.24, 2.45) is 11.3 Å². The minimum atomic E-state index is -0.649. The maximum atomic E-state index is 12.0. The van der Waals surface area contributed by atoms with Crippen molar-refractivity contribution in [2.75, 3.05) is 26.2 Å². The third-order valence-electron chi connectivity index (χ3n) is 6.45. The zero-order valence-electron chi connectivity index (χ0n) is 15.9. The number of carboxylic acid groups (broad SMARTS) is 1. The molecule has 2 aromatic rings. The summed E-state index contributed by atoms with van der Waals surface area (Å²) in [6.45, 7) is 7.21. The lowest BCUT2D eigenvalue weighted by atomic mass is 9.71. The number of likely N-dealkylation sites (tertiary alicyclic amines) is 2. The minimum Gasteiger partial charge on any atom is -0.481 e. The number of aromatic nitrogens is 2. The molecule has 27 heavy (non-hydrogen) atoms. The van der Waals surface area contributed by atoms with Gasteiger partial charge < -0.3 is 10.1 Å².